The Morgan fingerprint density at radius 1 is 1.05 bits per heavy atom. The van der Waals surface area contributed by atoms with Crippen molar-refractivity contribution in [3.63, 3.8) is 0 Å². The summed E-state index contributed by atoms with van der Waals surface area (Å²) in [6.07, 6.45) is -4.44. The van der Waals surface area contributed by atoms with Gasteiger partial charge in [-0.3, -0.25) is 25.1 Å². The zero-order valence-electron chi connectivity index (χ0n) is 32.6. The molecule has 0 aliphatic heterocycles. The fraction of sp³-hybridized carbons (Fsp3) is 0.286. The second-order valence-corrected chi connectivity index (χ2v) is 15.0. The molecule has 0 bridgehead atoms. The molecule has 0 radical (unpaired) electrons. The zero-order chi connectivity index (χ0) is 45.6. The molecule has 0 aliphatic rings. The Morgan fingerprint density at radius 2 is 1.62 bits per heavy atom. The van der Waals surface area contributed by atoms with Crippen molar-refractivity contribution in [2.75, 3.05) is 44.0 Å². The second kappa shape index (κ2) is 22.8. The normalized spacial score (nSPS) is 10.5. The average Bonchev–Trinajstić information content (AvgIpc) is 3.74. The van der Waals surface area contributed by atoms with E-state index < -0.39 is 50.1 Å². The van der Waals surface area contributed by atoms with Gasteiger partial charge in [-0.1, -0.05) is 78.0 Å². The predicted octanol–water partition coefficient (Wildman–Crippen LogP) is 8.24. The molecule has 0 atom stereocenters. The Labute approximate surface area is 364 Å². The second-order valence-electron chi connectivity index (χ2n) is 12.0. The van der Waals surface area contributed by atoms with Gasteiger partial charge in [-0.2, -0.15) is 13.2 Å². The van der Waals surface area contributed by atoms with Crippen LogP contribution in [-0.4, -0.2) is 68.7 Å². The molecule has 25 heteroatoms. The SMILES string of the molecule is C=C(C)CN(CCC)c1c([N+](=O)[O-])cc(C(F)(F)F)cc1[N+](=O)[O-].CNC(=O)N(C)c1nc2ccccc2s1.CNC(=S)S.Cn1c(=O)on(-c2ccc(Cl)c(Cl)c2)c1=O. The van der Waals surface area contributed by atoms with Crippen LogP contribution in [0.2, 0.25) is 10.0 Å². The number of nitro benzene ring substituents is 2. The molecule has 0 spiro atoms. The Hall–Kier alpha value is -5.49. The first-order chi connectivity index (χ1) is 28.0. The molecule has 60 heavy (non-hydrogen) atoms. The quantitative estimate of drug-likeness (QED) is 0.0421. The van der Waals surface area contributed by atoms with Crippen LogP contribution in [0.4, 0.5) is 40.2 Å². The number of carbonyl (C=O) groups excluding carboxylic acids is 1. The number of nitrogens with zero attached hydrogens (tertiary/aromatic N) is 7. The number of thiocarbonyl (C=S) groups is 1. The Bertz CT molecular complexity index is 2410. The van der Waals surface area contributed by atoms with Gasteiger partial charge in [0, 0.05) is 53.4 Å². The van der Waals surface area contributed by atoms with Crippen LogP contribution in [0.15, 0.2) is 80.9 Å². The van der Waals surface area contributed by atoms with Crippen LogP contribution in [0.25, 0.3) is 15.9 Å². The molecule has 0 saturated heterocycles. The summed E-state index contributed by atoms with van der Waals surface area (Å²) in [6, 6.07) is 12.8. The van der Waals surface area contributed by atoms with Gasteiger partial charge >= 0.3 is 23.7 Å². The van der Waals surface area contributed by atoms with E-state index in [0.29, 0.717) is 44.3 Å². The largest absolute Gasteiger partial charge is 0.442 e. The summed E-state index contributed by atoms with van der Waals surface area (Å²) < 4.78 is 46.7. The number of benzene rings is 3. The number of para-hydroxylation sites is 1. The number of thiol groups is 1. The molecule has 2 amide bonds. The lowest BCUT2D eigenvalue weighted by molar-refractivity contribution is -0.393. The van der Waals surface area contributed by atoms with Gasteiger partial charge in [-0.15, -0.1) is 17.4 Å². The minimum atomic E-state index is -4.93. The van der Waals surface area contributed by atoms with Gasteiger partial charge in [-0.05, 0) is 43.7 Å². The number of nitro groups is 2. The minimum Gasteiger partial charge on any atom is -0.374 e. The van der Waals surface area contributed by atoms with E-state index in [0.717, 1.165) is 19.5 Å². The molecule has 2 N–H and O–H groups in total. The van der Waals surface area contributed by atoms with Crippen molar-refractivity contribution in [1.29, 1.82) is 0 Å². The average molecular weight is 937 g/mol. The van der Waals surface area contributed by atoms with Crippen LogP contribution in [0.1, 0.15) is 25.8 Å². The van der Waals surface area contributed by atoms with E-state index in [2.05, 4.69) is 47.0 Å². The molecule has 5 aromatic rings. The van der Waals surface area contributed by atoms with Crippen molar-refractivity contribution in [2.24, 2.45) is 7.05 Å². The van der Waals surface area contributed by atoms with Gasteiger partial charge < -0.3 is 20.1 Å². The first kappa shape index (κ1) is 50.7. The molecule has 2 heterocycles. The molecule has 324 valence electrons. The highest BCUT2D eigenvalue weighted by Gasteiger charge is 2.39. The van der Waals surface area contributed by atoms with Crippen LogP contribution in [-0.2, 0) is 13.2 Å². The van der Waals surface area contributed by atoms with Crippen LogP contribution >= 0.6 is 59.4 Å². The van der Waals surface area contributed by atoms with Crippen molar-refractivity contribution in [3.8, 4) is 5.69 Å². The fourth-order valence-electron chi connectivity index (χ4n) is 4.66. The summed E-state index contributed by atoms with van der Waals surface area (Å²) in [5.41, 5.74) is -2.53. The van der Waals surface area contributed by atoms with E-state index in [-0.39, 0.29) is 24.1 Å². The summed E-state index contributed by atoms with van der Waals surface area (Å²) in [4.78, 5) is 61.6. The number of carbonyl (C=O) groups is 1. The number of fused-ring (bicyclic) bond motifs is 1. The summed E-state index contributed by atoms with van der Waals surface area (Å²) in [5.74, 6) is -0.740. The van der Waals surface area contributed by atoms with Crippen LogP contribution in [0.3, 0.4) is 0 Å². The van der Waals surface area contributed by atoms with Gasteiger partial charge in [0.2, 0.25) is 0 Å². The Balaban J connectivity index is 0.000000301. The zero-order valence-corrected chi connectivity index (χ0v) is 36.6. The van der Waals surface area contributed by atoms with E-state index >= 15 is 0 Å². The minimum absolute atomic E-state index is 0.0564. The molecular formula is C35H38Cl2F3N9O8S3. The van der Waals surface area contributed by atoms with Gasteiger partial charge in [0.25, 0.3) is 11.4 Å². The lowest BCUT2D eigenvalue weighted by Gasteiger charge is -2.24. The summed E-state index contributed by atoms with van der Waals surface area (Å²) >= 11 is 21.2. The van der Waals surface area contributed by atoms with E-state index in [9.17, 15) is 47.8 Å². The topological polar surface area (TPSA) is 204 Å². The highest BCUT2D eigenvalue weighted by Crippen LogP contribution is 2.43. The Kier molecular flexibility index (Phi) is 19.2. The van der Waals surface area contributed by atoms with Crippen LogP contribution < -0.4 is 31.9 Å². The summed E-state index contributed by atoms with van der Waals surface area (Å²) in [6.45, 7) is 7.26. The molecule has 0 saturated carbocycles. The van der Waals surface area contributed by atoms with Gasteiger partial charge in [0.05, 0.1) is 41.4 Å². The number of hydrogen-bond donors (Lipinski definition) is 3. The number of halogens is 5. The standard InChI is InChI=1S/C14H16F3N3O4.C10H11N3OS.C9H6Cl2N2O3.C2H5NS2/c1-4-5-18(8-9(2)3)13-11(19(21)22)6-10(14(15,16)17)7-12(13)20(23)24;1-11-9(14)13(2)10-12-7-5-3-4-6-8(7)15-10;1-12-8(14)13(16-9(12)15)5-2-3-6(10)7(11)4-5;1-3-2(4)5/h6-7H,2,4-5,8H2,1,3H3;3-6H,1-2H3,(H,11,14);2-4H,1H3;1H3,(H2,3,4,5). The van der Waals surface area contributed by atoms with Crippen molar-refractivity contribution in [2.45, 2.75) is 26.4 Å². The van der Waals surface area contributed by atoms with Gasteiger partial charge in [0.1, 0.15) is 4.32 Å². The third kappa shape index (κ3) is 14.1. The first-order valence-electron chi connectivity index (χ1n) is 16.9. The van der Waals surface area contributed by atoms with Crippen molar-refractivity contribution < 1.29 is 32.3 Å². The third-order valence-corrected chi connectivity index (χ3v) is 9.68. The third-order valence-electron chi connectivity index (χ3n) is 7.40. The maximum absolute atomic E-state index is 12.9. The van der Waals surface area contributed by atoms with E-state index in [1.165, 1.54) is 46.4 Å². The van der Waals surface area contributed by atoms with Gasteiger partial charge in [0.15, 0.2) is 10.8 Å². The number of hydrogen-bond acceptors (Lipinski definition) is 12. The predicted molar refractivity (Wildman–Crippen MR) is 235 cm³/mol. The van der Waals surface area contributed by atoms with Gasteiger partial charge in [-0.25, -0.2) is 23.9 Å². The molecule has 5 rings (SSSR count). The smallest absolute Gasteiger partial charge is 0.374 e. The monoisotopic (exact) mass is 935 g/mol. The molecule has 2 aromatic heterocycles. The number of aromatic nitrogens is 3. The molecular weight excluding hydrogens is 899 g/mol. The highest BCUT2D eigenvalue weighted by molar-refractivity contribution is 8.11. The number of amides is 2. The van der Waals surface area contributed by atoms with Crippen molar-refractivity contribution in [3.05, 3.63) is 124 Å². The Morgan fingerprint density at radius 3 is 2.03 bits per heavy atom. The first-order valence-corrected chi connectivity index (χ1v) is 19.3. The maximum atomic E-state index is 12.9. The molecule has 0 aliphatic carbocycles. The molecule has 17 nitrogen and oxygen atoms in total. The summed E-state index contributed by atoms with van der Waals surface area (Å²) in [7, 11) is 6.36. The number of thiazole rings is 1. The van der Waals surface area contributed by atoms with Crippen LogP contribution in [0.5, 0.6) is 0 Å². The number of nitrogens with one attached hydrogen (secondary N) is 2. The number of rotatable bonds is 9. The highest BCUT2D eigenvalue weighted by atomic mass is 35.5. The van der Waals surface area contributed by atoms with E-state index in [4.69, 9.17) is 27.7 Å². The lowest BCUT2D eigenvalue weighted by atomic mass is 10.1. The molecule has 0 fully saturated rings. The van der Waals surface area contributed by atoms with Crippen molar-refractivity contribution >= 4 is 102 Å². The number of anilines is 2. The van der Waals surface area contributed by atoms with E-state index in [1.807, 2.05) is 24.3 Å². The van der Waals surface area contributed by atoms with Crippen molar-refractivity contribution in [1.82, 2.24) is 24.9 Å². The fourth-order valence-corrected chi connectivity index (χ4v) is 5.88. The molecule has 3 aromatic carbocycles. The number of urea groups is 1. The molecule has 0 unspecified atom stereocenters. The van der Waals surface area contributed by atoms with Crippen LogP contribution in [0, 0.1) is 20.2 Å². The lowest BCUT2D eigenvalue weighted by Crippen LogP contribution is -2.34. The summed E-state index contributed by atoms with van der Waals surface area (Å²) in [5, 5.41) is 29.0. The number of alkyl halides is 3. The maximum Gasteiger partial charge on any atom is 0.442 e. The van der Waals surface area contributed by atoms with E-state index in [1.54, 1.807) is 35.0 Å².